The average molecular weight is 300 g/mol. The molecule has 0 radical (unpaired) electrons. The van der Waals surface area contributed by atoms with Gasteiger partial charge in [-0.05, 0) is 11.4 Å². The second-order valence-corrected chi connectivity index (χ2v) is 4.77. The topological polar surface area (TPSA) is 116 Å². The minimum absolute atomic E-state index is 0.0227. The molecule has 1 atom stereocenters. The van der Waals surface area contributed by atoms with Crippen molar-refractivity contribution >= 4 is 29.1 Å². The Morgan fingerprint density at radius 3 is 2.65 bits per heavy atom. The van der Waals surface area contributed by atoms with Crippen LogP contribution in [-0.4, -0.2) is 47.2 Å². The summed E-state index contributed by atoms with van der Waals surface area (Å²) in [6.45, 7) is -0.210. The summed E-state index contributed by atoms with van der Waals surface area (Å²) in [5.41, 5.74) is 0.527. The molecule has 1 heterocycles. The van der Waals surface area contributed by atoms with E-state index in [1.54, 1.807) is 16.8 Å². The van der Waals surface area contributed by atoms with Crippen molar-refractivity contribution in [1.29, 1.82) is 0 Å². The summed E-state index contributed by atoms with van der Waals surface area (Å²) in [4.78, 5) is 33.8. The van der Waals surface area contributed by atoms with E-state index in [4.69, 9.17) is 10.2 Å². The summed E-state index contributed by atoms with van der Waals surface area (Å²) in [5, 5.41) is 25.8. The lowest BCUT2D eigenvalue weighted by Crippen LogP contribution is -2.42. The Labute approximate surface area is 119 Å². The van der Waals surface area contributed by atoms with Crippen LogP contribution in [0.25, 0.3) is 0 Å². The van der Waals surface area contributed by atoms with E-state index in [-0.39, 0.29) is 31.9 Å². The number of hydrogen-bond donors (Lipinski definition) is 4. The third-order valence-electron chi connectivity index (χ3n) is 2.47. The summed E-state index contributed by atoms with van der Waals surface area (Å²) in [6.07, 6.45) is -0.0760. The van der Waals surface area contributed by atoms with Crippen LogP contribution in [0.3, 0.4) is 0 Å². The monoisotopic (exact) mass is 300 g/mol. The van der Waals surface area contributed by atoms with Crippen molar-refractivity contribution in [2.45, 2.75) is 18.9 Å². The van der Waals surface area contributed by atoms with Crippen LogP contribution < -0.4 is 10.6 Å². The van der Waals surface area contributed by atoms with Gasteiger partial charge in [0.05, 0.1) is 0 Å². The number of aliphatic hydroxyl groups is 1. The second-order valence-electron chi connectivity index (χ2n) is 3.99. The van der Waals surface area contributed by atoms with Crippen LogP contribution in [0.1, 0.15) is 23.2 Å². The van der Waals surface area contributed by atoms with E-state index in [0.29, 0.717) is 5.56 Å². The first-order valence-corrected chi connectivity index (χ1v) is 6.92. The Balaban J connectivity index is 2.29. The number of carboxylic acid groups (broad SMARTS) is 1. The number of carbonyl (C=O) groups excluding carboxylic acids is 2. The highest BCUT2D eigenvalue weighted by atomic mass is 32.1. The maximum absolute atomic E-state index is 11.6. The van der Waals surface area contributed by atoms with Gasteiger partial charge in [-0.3, -0.25) is 9.59 Å². The molecular formula is C12H16N2O5S. The van der Waals surface area contributed by atoms with E-state index in [2.05, 4.69) is 10.6 Å². The predicted octanol–water partition coefficient (Wildman–Crippen LogP) is -0.180. The second kappa shape index (κ2) is 8.28. The van der Waals surface area contributed by atoms with Crippen LogP contribution >= 0.6 is 11.3 Å². The number of rotatable bonds is 8. The molecule has 0 aromatic carbocycles. The van der Waals surface area contributed by atoms with Crippen LogP contribution in [0.5, 0.6) is 0 Å². The quantitative estimate of drug-likeness (QED) is 0.531. The fourth-order valence-corrected chi connectivity index (χ4v) is 2.07. The Hall–Kier alpha value is -1.93. The van der Waals surface area contributed by atoms with Gasteiger partial charge in [0, 0.05) is 36.9 Å². The third kappa shape index (κ3) is 5.37. The number of aliphatic carboxylic acids is 1. The van der Waals surface area contributed by atoms with Crippen molar-refractivity contribution in [2.24, 2.45) is 0 Å². The first kappa shape index (κ1) is 16.1. The first-order valence-electron chi connectivity index (χ1n) is 5.98. The summed E-state index contributed by atoms with van der Waals surface area (Å²) in [5.74, 6) is -1.96. The maximum Gasteiger partial charge on any atom is 0.326 e. The normalized spacial score (nSPS) is 11.7. The van der Waals surface area contributed by atoms with Crippen molar-refractivity contribution in [3.63, 3.8) is 0 Å². The van der Waals surface area contributed by atoms with Crippen LogP contribution in [0.2, 0.25) is 0 Å². The number of carbonyl (C=O) groups is 3. The SMILES string of the molecule is O=C(CCNC(=O)c1ccsc1)NC(CCO)C(=O)O. The van der Waals surface area contributed by atoms with E-state index < -0.39 is 17.9 Å². The summed E-state index contributed by atoms with van der Waals surface area (Å²) < 4.78 is 0. The number of aliphatic hydroxyl groups excluding tert-OH is 1. The fourth-order valence-electron chi connectivity index (χ4n) is 1.44. The number of amides is 2. The van der Waals surface area contributed by atoms with Crippen molar-refractivity contribution in [2.75, 3.05) is 13.2 Å². The van der Waals surface area contributed by atoms with E-state index in [9.17, 15) is 14.4 Å². The fraction of sp³-hybridized carbons (Fsp3) is 0.417. The molecule has 0 bridgehead atoms. The molecule has 0 saturated carbocycles. The molecule has 0 aliphatic heterocycles. The Kier molecular flexibility index (Phi) is 6.68. The van der Waals surface area contributed by atoms with E-state index in [1.165, 1.54) is 11.3 Å². The van der Waals surface area contributed by atoms with E-state index in [1.807, 2.05) is 0 Å². The smallest absolute Gasteiger partial charge is 0.326 e. The lowest BCUT2D eigenvalue weighted by Gasteiger charge is -2.13. The van der Waals surface area contributed by atoms with Crippen molar-refractivity contribution in [3.05, 3.63) is 22.4 Å². The van der Waals surface area contributed by atoms with Crippen LogP contribution in [0.4, 0.5) is 0 Å². The highest BCUT2D eigenvalue weighted by Gasteiger charge is 2.18. The van der Waals surface area contributed by atoms with Gasteiger partial charge in [-0.1, -0.05) is 0 Å². The molecule has 8 heteroatoms. The molecule has 0 aliphatic rings. The zero-order valence-corrected chi connectivity index (χ0v) is 11.5. The molecule has 1 aromatic heterocycles. The van der Waals surface area contributed by atoms with Gasteiger partial charge >= 0.3 is 5.97 Å². The molecule has 7 nitrogen and oxygen atoms in total. The number of carboxylic acids is 1. The molecule has 0 spiro atoms. The Morgan fingerprint density at radius 2 is 2.10 bits per heavy atom. The molecule has 20 heavy (non-hydrogen) atoms. The van der Waals surface area contributed by atoms with Crippen molar-refractivity contribution in [1.82, 2.24) is 10.6 Å². The minimum atomic E-state index is -1.20. The van der Waals surface area contributed by atoms with E-state index in [0.717, 1.165) is 0 Å². The first-order chi connectivity index (χ1) is 9.54. The van der Waals surface area contributed by atoms with Gasteiger partial charge in [0.25, 0.3) is 5.91 Å². The number of thiophene rings is 1. The van der Waals surface area contributed by atoms with Crippen LogP contribution in [0, 0.1) is 0 Å². The molecule has 4 N–H and O–H groups in total. The van der Waals surface area contributed by atoms with E-state index >= 15 is 0 Å². The maximum atomic E-state index is 11.6. The van der Waals surface area contributed by atoms with Crippen molar-refractivity contribution < 1.29 is 24.6 Å². The predicted molar refractivity (Wildman–Crippen MR) is 72.5 cm³/mol. The Morgan fingerprint density at radius 1 is 1.35 bits per heavy atom. The van der Waals surface area contributed by atoms with Crippen LogP contribution in [0.15, 0.2) is 16.8 Å². The van der Waals surface area contributed by atoms with Gasteiger partial charge in [-0.15, -0.1) is 0 Å². The third-order valence-corrected chi connectivity index (χ3v) is 3.16. The van der Waals surface area contributed by atoms with Gasteiger partial charge in [-0.2, -0.15) is 11.3 Å². The van der Waals surface area contributed by atoms with Gasteiger partial charge in [0.1, 0.15) is 6.04 Å². The summed E-state index contributed by atoms with van der Waals surface area (Å²) in [7, 11) is 0. The molecule has 0 aliphatic carbocycles. The zero-order valence-electron chi connectivity index (χ0n) is 10.7. The lowest BCUT2D eigenvalue weighted by molar-refractivity contribution is -0.142. The largest absolute Gasteiger partial charge is 0.480 e. The highest BCUT2D eigenvalue weighted by Crippen LogP contribution is 2.05. The van der Waals surface area contributed by atoms with Gasteiger partial charge < -0.3 is 20.8 Å². The van der Waals surface area contributed by atoms with Gasteiger partial charge in [0.15, 0.2) is 0 Å². The highest BCUT2D eigenvalue weighted by molar-refractivity contribution is 7.08. The number of hydrogen-bond acceptors (Lipinski definition) is 5. The Bertz CT molecular complexity index is 460. The zero-order chi connectivity index (χ0) is 15.0. The molecule has 0 saturated heterocycles. The minimum Gasteiger partial charge on any atom is -0.480 e. The molecule has 1 unspecified atom stereocenters. The molecule has 2 amide bonds. The molecule has 0 fully saturated rings. The van der Waals surface area contributed by atoms with Gasteiger partial charge in [0.2, 0.25) is 5.91 Å². The lowest BCUT2D eigenvalue weighted by atomic mass is 10.2. The molecular weight excluding hydrogens is 284 g/mol. The molecule has 1 aromatic rings. The average Bonchev–Trinajstić information content (AvgIpc) is 2.91. The van der Waals surface area contributed by atoms with Gasteiger partial charge in [-0.25, -0.2) is 4.79 Å². The molecule has 110 valence electrons. The standard InChI is InChI=1S/C12H16N2O5S/c15-5-2-9(12(18)19)14-10(16)1-4-13-11(17)8-3-6-20-7-8/h3,6-7,9,15H,1-2,4-5H2,(H,13,17)(H,14,16)(H,18,19). The summed E-state index contributed by atoms with van der Waals surface area (Å²) >= 11 is 1.40. The van der Waals surface area contributed by atoms with Crippen molar-refractivity contribution in [3.8, 4) is 0 Å². The molecule has 1 rings (SSSR count). The number of nitrogens with one attached hydrogen (secondary N) is 2. The summed E-state index contributed by atoms with van der Waals surface area (Å²) in [6, 6.07) is 0.557. The van der Waals surface area contributed by atoms with Crippen LogP contribution in [-0.2, 0) is 9.59 Å².